The van der Waals surface area contributed by atoms with Crippen LogP contribution in [0.15, 0.2) is 4.48 Å². The van der Waals surface area contributed by atoms with Crippen molar-refractivity contribution in [2.75, 3.05) is 20.1 Å². The molecule has 1 heterocycles. The highest BCUT2D eigenvalue weighted by Gasteiger charge is 2.05. The molecule has 0 saturated carbocycles. The summed E-state index contributed by atoms with van der Waals surface area (Å²) in [6.45, 7) is 2.00. The molecule has 1 nitrogen and oxygen atoms in total. The van der Waals surface area contributed by atoms with Crippen LogP contribution in [0.5, 0.6) is 0 Å². The fraction of sp³-hybridized carbons (Fsp3) is 0.600. The molecular weight excluding hydrogens is 154 g/mol. The third kappa shape index (κ3) is 1.28. The zero-order chi connectivity index (χ0) is 5.28. The van der Waals surface area contributed by atoms with Crippen LogP contribution in [0.3, 0.4) is 0 Å². The van der Waals surface area contributed by atoms with Crippen LogP contribution in [-0.4, -0.2) is 25.0 Å². The summed E-state index contributed by atoms with van der Waals surface area (Å²) in [5.74, 6) is 0. The van der Waals surface area contributed by atoms with Crippen molar-refractivity contribution in [1.82, 2.24) is 4.90 Å². The van der Waals surface area contributed by atoms with Crippen molar-refractivity contribution in [3.8, 4) is 0 Å². The number of halogens is 1. The van der Waals surface area contributed by atoms with Crippen molar-refractivity contribution in [2.24, 2.45) is 0 Å². The van der Waals surface area contributed by atoms with Gasteiger partial charge in [-0.3, -0.25) is 4.90 Å². The summed E-state index contributed by atoms with van der Waals surface area (Å²) >= 11 is 3.34. The van der Waals surface area contributed by atoms with Crippen molar-refractivity contribution in [1.29, 1.82) is 0 Å². The Morgan fingerprint density at radius 2 is 2.57 bits per heavy atom. The number of rotatable bonds is 0. The smallest absolute Gasteiger partial charge is 0.0303 e. The summed E-state index contributed by atoms with van der Waals surface area (Å²) in [7, 11) is 2.07. The molecule has 1 rings (SSSR count). The molecule has 0 unspecified atom stereocenters. The molecule has 1 aliphatic rings. The molecule has 1 radical (unpaired) electrons. The first-order valence-corrected chi connectivity index (χ1v) is 3.02. The minimum absolute atomic E-state index is 0.973. The lowest BCUT2D eigenvalue weighted by Gasteiger charge is -2.02. The van der Waals surface area contributed by atoms with Crippen LogP contribution in [0.2, 0.25) is 0 Å². The predicted octanol–water partition coefficient (Wildman–Crippen LogP) is 1.01. The van der Waals surface area contributed by atoms with Gasteiger partial charge in [-0.2, -0.15) is 0 Å². The van der Waals surface area contributed by atoms with E-state index < -0.39 is 0 Å². The Hall–Kier alpha value is 0.180. The first kappa shape index (κ1) is 5.32. The third-order valence-electron chi connectivity index (χ3n) is 0.950. The molecule has 0 fully saturated rings. The quantitative estimate of drug-likeness (QED) is 0.512. The molecule has 7 heavy (non-hydrogen) atoms. The van der Waals surface area contributed by atoms with Crippen LogP contribution >= 0.6 is 15.9 Å². The summed E-state index contributed by atoms with van der Waals surface area (Å²) in [5.41, 5.74) is 0. The van der Waals surface area contributed by atoms with Gasteiger partial charge in [-0.15, -0.1) is 0 Å². The SMILES string of the molecule is CN1C[C]=C(Br)C1. The van der Waals surface area contributed by atoms with E-state index in [1.54, 1.807) is 0 Å². The molecule has 1 aliphatic heterocycles. The van der Waals surface area contributed by atoms with Gasteiger partial charge in [0.25, 0.3) is 0 Å². The Kier molecular flexibility index (Phi) is 1.50. The van der Waals surface area contributed by atoms with E-state index in [2.05, 4.69) is 34.0 Å². The van der Waals surface area contributed by atoms with Gasteiger partial charge < -0.3 is 0 Å². The van der Waals surface area contributed by atoms with Crippen molar-refractivity contribution >= 4 is 15.9 Å². The molecule has 2 heteroatoms. The maximum atomic E-state index is 3.34. The average molecular weight is 161 g/mol. The Morgan fingerprint density at radius 3 is 2.71 bits per heavy atom. The van der Waals surface area contributed by atoms with E-state index in [0.717, 1.165) is 13.1 Å². The van der Waals surface area contributed by atoms with Crippen LogP contribution in [0, 0.1) is 6.08 Å². The second-order valence-electron chi connectivity index (χ2n) is 1.75. The minimum Gasteiger partial charge on any atom is -0.297 e. The van der Waals surface area contributed by atoms with Gasteiger partial charge in [0, 0.05) is 17.6 Å². The Bertz CT molecular complexity index is 98.3. The lowest BCUT2D eigenvalue weighted by Crippen LogP contribution is -2.12. The summed E-state index contributed by atoms with van der Waals surface area (Å²) in [6.07, 6.45) is 3.13. The average Bonchev–Trinajstić information content (AvgIpc) is 1.87. The molecule has 0 atom stereocenters. The molecule has 0 N–H and O–H groups in total. The molecule has 0 bridgehead atoms. The van der Waals surface area contributed by atoms with Crippen LogP contribution in [-0.2, 0) is 0 Å². The first-order chi connectivity index (χ1) is 3.29. The lowest BCUT2D eigenvalue weighted by atomic mass is 10.6. The monoisotopic (exact) mass is 160 g/mol. The number of hydrogen-bond acceptors (Lipinski definition) is 1. The highest BCUT2D eigenvalue weighted by atomic mass is 79.9. The van der Waals surface area contributed by atoms with Crippen LogP contribution < -0.4 is 0 Å². The first-order valence-electron chi connectivity index (χ1n) is 2.23. The summed E-state index contributed by atoms with van der Waals surface area (Å²) in [4.78, 5) is 2.18. The van der Waals surface area contributed by atoms with E-state index in [4.69, 9.17) is 0 Å². The number of hydrogen-bond donors (Lipinski definition) is 0. The lowest BCUT2D eigenvalue weighted by molar-refractivity contribution is 0.431. The van der Waals surface area contributed by atoms with Gasteiger partial charge in [0.05, 0.1) is 0 Å². The minimum atomic E-state index is 0.973. The standard InChI is InChI=1S/C5H7BrN/c1-7-3-2-5(6)4-7/h3-4H2,1H3. The maximum Gasteiger partial charge on any atom is 0.0303 e. The van der Waals surface area contributed by atoms with Crippen LogP contribution in [0.4, 0.5) is 0 Å². The van der Waals surface area contributed by atoms with E-state index in [9.17, 15) is 0 Å². The summed E-state index contributed by atoms with van der Waals surface area (Å²) < 4.78 is 1.19. The molecule has 0 saturated heterocycles. The van der Waals surface area contributed by atoms with Gasteiger partial charge in [0.15, 0.2) is 0 Å². The van der Waals surface area contributed by atoms with Gasteiger partial charge in [-0.1, -0.05) is 15.9 Å². The predicted molar refractivity (Wildman–Crippen MR) is 33.2 cm³/mol. The Labute approximate surface area is 52.1 Å². The van der Waals surface area contributed by atoms with Crippen LogP contribution in [0.1, 0.15) is 0 Å². The molecule has 0 aromatic rings. The van der Waals surface area contributed by atoms with E-state index in [-0.39, 0.29) is 0 Å². The Morgan fingerprint density at radius 1 is 1.86 bits per heavy atom. The maximum absolute atomic E-state index is 3.34. The molecule has 0 aromatic carbocycles. The molecular formula is C5H7BrN. The third-order valence-corrected chi connectivity index (χ3v) is 1.48. The second-order valence-corrected chi connectivity index (χ2v) is 2.71. The van der Waals surface area contributed by atoms with Crippen molar-refractivity contribution in [2.45, 2.75) is 0 Å². The Balaban J connectivity index is 2.42. The highest BCUT2D eigenvalue weighted by Crippen LogP contribution is 2.10. The number of likely N-dealkylation sites (N-methyl/N-ethyl adjacent to an activating group) is 1. The highest BCUT2D eigenvalue weighted by molar-refractivity contribution is 9.11. The normalized spacial score (nSPS) is 22.9. The van der Waals surface area contributed by atoms with Crippen molar-refractivity contribution in [3.05, 3.63) is 10.6 Å². The van der Waals surface area contributed by atoms with E-state index in [0.29, 0.717) is 0 Å². The van der Waals surface area contributed by atoms with Crippen molar-refractivity contribution in [3.63, 3.8) is 0 Å². The van der Waals surface area contributed by atoms with Crippen LogP contribution in [0.25, 0.3) is 0 Å². The zero-order valence-corrected chi connectivity index (χ0v) is 5.83. The molecule has 0 aromatic heterocycles. The molecule has 0 aliphatic carbocycles. The van der Waals surface area contributed by atoms with Gasteiger partial charge in [-0.25, -0.2) is 0 Å². The van der Waals surface area contributed by atoms with Gasteiger partial charge in [0.1, 0.15) is 0 Å². The zero-order valence-electron chi connectivity index (χ0n) is 4.24. The summed E-state index contributed by atoms with van der Waals surface area (Å²) in [5, 5.41) is 0. The molecule has 0 spiro atoms. The van der Waals surface area contributed by atoms with Gasteiger partial charge in [-0.05, 0) is 13.1 Å². The fourth-order valence-corrected chi connectivity index (χ4v) is 1.12. The molecule has 39 valence electrons. The van der Waals surface area contributed by atoms with Gasteiger partial charge in [0.2, 0.25) is 0 Å². The largest absolute Gasteiger partial charge is 0.297 e. The number of nitrogens with zero attached hydrogens (tertiary/aromatic N) is 1. The van der Waals surface area contributed by atoms with Crippen molar-refractivity contribution < 1.29 is 0 Å². The molecule has 0 amide bonds. The topological polar surface area (TPSA) is 3.24 Å². The fourth-order valence-electron chi connectivity index (χ4n) is 0.570. The van der Waals surface area contributed by atoms with E-state index >= 15 is 0 Å². The van der Waals surface area contributed by atoms with E-state index in [1.165, 1.54) is 4.48 Å². The van der Waals surface area contributed by atoms with E-state index in [1.807, 2.05) is 0 Å². The summed E-state index contributed by atoms with van der Waals surface area (Å²) in [6, 6.07) is 0. The van der Waals surface area contributed by atoms with Gasteiger partial charge >= 0.3 is 0 Å². The second kappa shape index (κ2) is 1.97.